The normalized spacial score (nSPS) is 30.3. The maximum Gasteiger partial charge on any atom is 0.251 e. The predicted octanol–water partition coefficient (Wildman–Crippen LogP) is 0.0478. The predicted molar refractivity (Wildman–Crippen MR) is 71.2 cm³/mol. The fraction of sp³-hybridized carbons (Fsp3) is 0.917. The first-order chi connectivity index (χ1) is 8.89. The molecule has 0 bridgehead atoms. The molecule has 7 heteroatoms. The number of carbonyl (C=O) groups excluding carboxylic acids is 1. The highest BCUT2D eigenvalue weighted by Gasteiger charge is 2.34. The van der Waals surface area contributed by atoms with Crippen LogP contribution in [0, 0.1) is 0 Å². The van der Waals surface area contributed by atoms with Crippen LogP contribution in [-0.2, 0) is 19.6 Å². The Hall–Kier alpha value is -0.660. The highest BCUT2D eigenvalue weighted by atomic mass is 32.2. The SMILES string of the molecule is C[C@H]1CN(C(=O)C2CCCCO2)CCN1S(C)(=O)=O. The van der Waals surface area contributed by atoms with Gasteiger partial charge in [0.1, 0.15) is 6.10 Å². The second-order valence-corrected chi connectivity index (χ2v) is 7.30. The summed E-state index contributed by atoms with van der Waals surface area (Å²) in [6.07, 6.45) is 3.70. The first kappa shape index (κ1) is 14.7. The van der Waals surface area contributed by atoms with Crippen molar-refractivity contribution in [2.45, 2.75) is 38.3 Å². The molecule has 2 rings (SSSR count). The van der Waals surface area contributed by atoms with Crippen LogP contribution >= 0.6 is 0 Å². The van der Waals surface area contributed by atoms with Gasteiger partial charge in [-0.05, 0) is 26.2 Å². The minimum atomic E-state index is -3.18. The highest BCUT2D eigenvalue weighted by Crippen LogP contribution is 2.19. The van der Waals surface area contributed by atoms with Crippen LogP contribution in [0.25, 0.3) is 0 Å². The van der Waals surface area contributed by atoms with E-state index in [1.165, 1.54) is 10.6 Å². The summed E-state index contributed by atoms with van der Waals surface area (Å²) < 4.78 is 30.1. The van der Waals surface area contributed by atoms with Crippen LogP contribution in [0.4, 0.5) is 0 Å². The molecule has 110 valence electrons. The summed E-state index contributed by atoms with van der Waals surface area (Å²) in [5, 5.41) is 0. The topological polar surface area (TPSA) is 66.9 Å². The van der Waals surface area contributed by atoms with E-state index in [1.807, 2.05) is 6.92 Å². The molecule has 2 saturated heterocycles. The molecule has 0 radical (unpaired) electrons. The lowest BCUT2D eigenvalue weighted by Crippen LogP contribution is -2.57. The Kier molecular flexibility index (Phi) is 4.47. The molecule has 0 N–H and O–H groups in total. The molecule has 2 aliphatic heterocycles. The summed E-state index contributed by atoms with van der Waals surface area (Å²) in [6.45, 7) is 3.76. The number of hydrogen-bond acceptors (Lipinski definition) is 4. The van der Waals surface area contributed by atoms with E-state index in [4.69, 9.17) is 4.74 Å². The molecule has 2 heterocycles. The van der Waals surface area contributed by atoms with E-state index in [1.54, 1.807) is 4.90 Å². The van der Waals surface area contributed by atoms with Gasteiger partial charge in [-0.25, -0.2) is 8.42 Å². The number of amides is 1. The maximum atomic E-state index is 12.3. The summed E-state index contributed by atoms with van der Waals surface area (Å²) in [5.74, 6) is 0.0136. The van der Waals surface area contributed by atoms with Crippen molar-refractivity contribution in [3.05, 3.63) is 0 Å². The summed E-state index contributed by atoms with van der Waals surface area (Å²) in [5.41, 5.74) is 0. The Morgan fingerprint density at radius 1 is 1.26 bits per heavy atom. The lowest BCUT2D eigenvalue weighted by Gasteiger charge is -2.39. The Labute approximate surface area is 114 Å². The number of rotatable bonds is 2. The molecule has 0 aromatic carbocycles. The second kappa shape index (κ2) is 5.76. The monoisotopic (exact) mass is 290 g/mol. The number of piperazine rings is 1. The molecule has 2 fully saturated rings. The molecule has 0 saturated carbocycles. The number of carbonyl (C=O) groups is 1. The van der Waals surface area contributed by atoms with E-state index < -0.39 is 10.0 Å². The smallest absolute Gasteiger partial charge is 0.251 e. The largest absolute Gasteiger partial charge is 0.368 e. The van der Waals surface area contributed by atoms with Crippen molar-refractivity contribution in [3.8, 4) is 0 Å². The average molecular weight is 290 g/mol. The molecule has 19 heavy (non-hydrogen) atoms. The van der Waals surface area contributed by atoms with Gasteiger partial charge in [0.05, 0.1) is 6.26 Å². The van der Waals surface area contributed by atoms with Crippen molar-refractivity contribution < 1.29 is 17.9 Å². The Bertz CT molecular complexity index is 431. The van der Waals surface area contributed by atoms with Gasteiger partial charge in [0.25, 0.3) is 5.91 Å². The molecule has 0 aromatic heterocycles. The van der Waals surface area contributed by atoms with E-state index in [0.29, 0.717) is 26.2 Å². The molecule has 0 aromatic rings. The van der Waals surface area contributed by atoms with Gasteiger partial charge in [-0.1, -0.05) is 0 Å². The Morgan fingerprint density at radius 2 is 2.00 bits per heavy atom. The third kappa shape index (κ3) is 3.46. The minimum absolute atomic E-state index is 0.0136. The van der Waals surface area contributed by atoms with Crippen molar-refractivity contribution in [1.29, 1.82) is 0 Å². The molecule has 1 unspecified atom stereocenters. The lowest BCUT2D eigenvalue weighted by molar-refractivity contribution is -0.148. The number of nitrogens with zero attached hydrogens (tertiary/aromatic N) is 2. The first-order valence-electron chi connectivity index (χ1n) is 6.77. The first-order valence-corrected chi connectivity index (χ1v) is 8.61. The third-order valence-electron chi connectivity index (χ3n) is 3.76. The van der Waals surface area contributed by atoms with Gasteiger partial charge in [-0.3, -0.25) is 4.79 Å². The van der Waals surface area contributed by atoms with Crippen molar-refractivity contribution in [2.75, 3.05) is 32.5 Å². The van der Waals surface area contributed by atoms with Gasteiger partial charge in [0, 0.05) is 32.3 Å². The molecule has 2 atom stereocenters. The van der Waals surface area contributed by atoms with E-state index in [9.17, 15) is 13.2 Å². The van der Waals surface area contributed by atoms with Gasteiger partial charge in [-0.2, -0.15) is 4.31 Å². The van der Waals surface area contributed by atoms with Crippen LogP contribution < -0.4 is 0 Å². The van der Waals surface area contributed by atoms with Gasteiger partial charge in [0.15, 0.2) is 0 Å². The zero-order valence-corrected chi connectivity index (χ0v) is 12.4. The fourth-order valence-electron chi connectivity index (χ4n) is 2.77. The van der Waals surface area contributed by atoms with Gasteiger partial charge < -0.3 is 9.64 Å². The number of hydrogen-bond donors (Lipinski definition) is 0. The van der Waals surface area contributed by atoms with E-state index in [-0.39, 0.29) is 18.1 Å². The highest BCUT2D eigenvalue weighted by molar-refractivity contribution is 7.88. The van der Waals surface area contributed by atoms with Crippen LogP contribution in [0.2, 0.25) is 0 Å². The molecule has 0 spiro atoms. The van der Waals surface area contributed by atoms with Crippen molar-refractivity contribution in [3.63, 3.8) is 0 Å². The Morgan fingerprint density at radius 3 is 2.53 bits per heavy atom. The van der Waals surface area contributed by atoms with Crippen LogP contribution in [0.1, 0.15) is 26.2 Å². The van der Waals surface area contributed by atoms with E-state index in [2.05, 4.69) is 0 Å². The van der Waals surface area contributed by atoms with Gasteiger partial charge in [0.2, 0.25) is 10.0 Å². The molecular weight excluding hydrogens is 268 g/mol. The zero-order valence-electron chi connectivity index (χ0n) is 11.5. The van der Waals surface area contributed by atoms with E-state index in [0.717, 1.165) is 19.3 Å². The van der Waals surface area contributed by atoms with Crippen molar-refractivity contribution in [2.24, 2.45) is 0 Å². The quantitative estimate of drug-likeness (QED) is 0.720. The van der Waals surface area contributed by atoms with Crippen molar-refractivity contribution in [1.82, 2.24) is 9.21 Å². The molecule has 2 aliphatic rings. The van der Waals surface area contributed by atoms with Crippen LogP contribution in [0.5, 0.6) is 0 Å². The van der Waals surface area contributed by atoms with Crippen LogP contribution in [-0.4, -0.2) is 68.2 Å². The molecule has 0 aliphatic carbocycles. The van der Waals surface area contributed by atoms with Crippen LogP contribution in [0.3, 0.4) is 0 Å². The number of sulfonamides is 1. The summed E-state index contributed by atoms with van der Waals surface area (Å²) in [4.78, 5) is 14.0. The maximum absolute atomic E-state index is 12.3. The van der Waals surface area contributed by atoms with Crippen LogP contribution in [0.15, 0.2) is 0 Å². The van der Waals surface area contributed by atoms with Gasteiger partial charge >= 0.3 is 0 Å². The summed E-state index contributed by atoms with van der Waals surface area (Å²) in [7, 11) is -3.18. The second-order valence-electron chi connectivity index (χ2n) is 5.36. The fourth-order valence-corrected chi connectivity index (χ4v) is 3.91. The third-order valence-corrected chi connectivity index (χ3v) is 5.15. The molecule has 1 amide bonds. The summed E-state index contributed by atoms with van der Waals surface area (Å²) in [6, 6.07) is -0.170. The van der Waals surface area contributed by atoms with E-state index >= 15 is 0 Å². The average Bonchev–Trinajstić information content (AvgIpc) is 2.37. The molecule has 6 nitrogen and oxygen atoms in total. The zero-order chi connectivity index (χ0) is 14.0. The lowest BCUT2D eigenvalue weighted by atomic mass is 10.1. The standard InChI is InChI=1S/C12H22N2O4S/c1-10-9-13(6-7-14(10)19(2,16)17)12(15)11-5-3-4-8-18-11/h10-11H,3-9H2,1-2H3/t10-,11?/m0/s1. The Balaban J connectivity index is 1.96. The minimum Gasteiger partial charge on any atom is -0.368 e. The van der Waals surface area contributed by atoms with Gasteiger partial charge in [-0.15, -0.1) is 0 Å². The molecular formula is C12H22N2O4S. The number of ether oxygens (including phenoxy) is 1. The van der Waals surface area contributed by atoms with Crippen molar-refractivity contribution >= 4 is 15.9 Å². The summed E-state index contributed by atoms with van der Waals surface area (Å²) >= 11 is 0.